The summed E-state index contributed by atoms with van der Waals surface area (Å²) in [6.07, 6.45) is 8.50. The molecule has 3 atom stereocenters. The first-order valence-corrected chi connectivity index (χ1v) is 3.99. The summed E-state index contributed by atoms with van der Waals surface area (Å²) in [7, 11) is 0. The van der Waals surface area contributed by atoms with E-state index in [0.29, 0.717) is 0 Å². The van der Waals surface area contributed by atoms with Gasteiger partial charge in [0.1, 0.15) is 0 Å². The van der Waals surface area contributed by atoms with Crippen molar-refractivity contribution in [2.45, 2.75) is 25.5 Å². The van der Waals surface area contributed by atoms with E-state index in [1.807, 2.05) is 25.2 Å². The van der Waals surface area contributed by atoms with Crippen LogP contribution in [0.1, 0.15) is 13.3 Å². The minimum Gasteiger partial charge on any atom is -0.391 e. The third-order valence-electron chi connectivity index (χ3n) is 1.99. The molecule has 0 fully saturated rings. The molecule has 1 rings (SSSR count). The number of allylic oxidation sites excluding steroid dienone is 3. The van der Waals surface area contributed by atoms with Gasteiger partial charge in [-0.15, -0.1) is 0 Å². The Morgan fingerprint density at radius 1 is 1.55 bits per heavy atom. The van der Waals surface area contributed by atoms with Crippen molar-refractivity contribution in [1.82, 2.24) is 0 Å². The van der Waals surface area contributed by atoms with Gasteiger partial charge in [0.05, 0.1) is 6.10 Å². The lowest BCUT2D eigenvalue weighted by atomic mass is 9.91. The lowest BCUT2D eigenvalue weighted by Crippen LogP contribution is -2.37. The smallest absolute Gasteiger partial charge is 0.0753 e. The van der Waals surface area contributed by atoms with Gasteiger partial charge < -0.3 is 10.8 Å². The van der Waals surface area contributed by atoms with Crippen LogP contribution in [0, 0.1) is 5.92 Å². The molecule has 0 amide bonds. The Balaban J connectivity index is 2.48. The van der Waals surface area contributed by atoms with Crippen LogP contribution in [-0.2, 0) is 0 Å². The fourth-order valence-corrected chi connectivity index (χ4v) is 1.24. The summed E-state index contributed by atoms with van der Waals surface area (Å²) in [4.78, 5) is 0. The Morgan fingerprint density at radius 3 is 2.73 bits per heavy atom. The molecule has 3 N–H and O–H groups in total. The van der Waals surface area contributed by atoms with Crippen molar-refractivity contribution in [2.24, 2.45) is 11.7 Å². The topological polar surface area (TPSA) is 46.2 Å². The maximum absolute atomic E-state index is 9.54. The largest absolute Gasteiger partial charge is 0.391 e. The highest BCUT2D eigenvalue weighted by Gasteiger charge is 2.19. The molecule has 1 aliphatic rings. The highest BCUT2D eigenvalue weighted by atomic mass is 16.3. The lowest BCUT2D eigenvalue weighted by molar-refractivity contribution is 0.109. The molecule has 1 unspecified atom stereocenters. The molecule has 0 spiro atoms. The van der Waals surface area contributed by atoms with Crippen molar-refractivity contribution >= 4 is 0 Å². The molecule has 0 radical (unpaired) electrons. The molecule has 1 aliphatic carbocycles. The molecule has 0 bridgehead atoms. The van der Waals surface area contributed by atoms with Gasteiger partial charge in [0.2, 0.25) is 0 Å². The quantitative estimate of drug-likeness (QED) is 0.617. The van der Waals surface area contributed by atoms with Crippen LogP contribution in [0.15, 0.2) is 24.3 Å². The fourth-order valence-electron chi connectivity index (χ4n) is 1.24. The van der Waals surface area contributed by atoms with E-state index >= 15 is 0 Å². The molecular weight excluding hydrogens is 138 g/mol. The molecule has 2 nitrogen and oxygen atoms in total. The van der Waals surface area contributed by atoms with Gasteiger partial charge in [-0.05, 0) is 13.3 Å². The highest BCUT2D eigenvalue weighted by Crippen LogP contribution is 2.17. The van der Waals surface area contributed by atoms with Gasteiger partial charge in [-0.3, -0.25) is 0 Å². The van der Waals surface area contributed by atoms with Crippen LogP contribution in [0.4, 0.5) is 0 Å². The number of hydrogen-bond donors (Lipinski definition) is 2. The molecule has 0 heterocycles. The van der Waals surface area contributed by atoms with Crippen LogP contribution in [0.2, 0.25) is 0 Å². The van der Waals surface area contributed by atoms with Gasteiger partial charge in [0.25, 0.3) is 0 Å². The molecule has 62 valence electrons. The Hall–Kier alpha value is -0.600. The molecule has 0 aromatic rings. The summed E-state index contributed by atoms with van der Waals surface area (Å²) < 4.78 is 0. The summed E-state index contributed by atoms with van der Waals surface area (Å²) in [5.74, 6) is 0.208. The number of rotatable bonds is 2. The van der Waals surface area contributed by atoms with E-state index < -0.39 is 6.10 Å². The Kier molecular flexibility index (Phi) is 2.85. The maximum atomic E-state index is 9.54. The lowest BCUT2D eigenvalue weighted by Gasteiger charge is -2.22. The van der Waals surface area contributed by atoms with Gasteiger partial charge in [-0.2, -0.15) is 0 Å². The van der Waals surface area contributed by atoms with Gasteiger partial charge >= 0.3 is 0 Å². The predicted molar refractivity (Wildman–Crippen MR) is 46.0 cm³/mol. The Bertz CT molecular complexity index is 172. The summed E-state index contributed by atoms with van der Waals surface area (Å²) >= 11 is 0. The number of nitrogens with two attached hydrogens (primary N) is 1. The van der Waals surface area contributed by atoms with Gasteiger partial charge in [-0.25, -0.2) is 0 Å². The SMILES string of the molecule is C[C@H](N)[C@H](O)C1C=CC=CC1. The second kappa shape index (κ2) is 3.69. The van der Waals surface area contributed by atoms with Crippen molar-refractivity contribution in [3.05, 3.63) is 24.3 Å². The zero-order chi connectivity index (χ0) is 8.27. The normalized spacial score (nSPS) is 28.5. The van der Waals surface area contributed by atoms with E-state index in [4.69, 9.17) is 5.73 Å². The third kappa shape index (κ3) is 2.17. The second-order valence-corrected chi connectivity index (χ2v) is 3.06. The van der Waals surface area contributed by atoms with Crippen molar-refractivity contribution in [3.63, 3.8) is 0 Å². The van der Waals surface area contributed by atoms with Crippen LogP contribution >= 0.6 is 0 Å². The highest BCUT2D eigenvalue weighted by molar-refractivity contribution is 5.12. The number of aliphatic hydroxyl groups excluding tert-OH is 1. The van der Waals surface area contributed by atoms with E-state index in [9.17, 15) is 5.11 Å². The number of aliphatic hydroxyl groups is 1. The summed E-state index contributed by atoms with van der Waals surface area (Å²) in [6.45, 7) is 1.83. The summed E-state index contributed by atoms with van der Waals surface area (Å²) in [6, 6.07) is -0.142. The second-order valence-electron chi connectivity index (χ2n) is 3.06. The Labute approximate surface area is 67.4 Å². The molecule has 0 aliphatic heterocycles. The van der Waals surface area contributed by atoms with Gasteiger partial charge in [-0.1, -0.05) is 24.3 Å². The van der Waals surface area contributed by atoms with E-state index in [2.05, 4.69) is 6.08 Å². The first-order chi connectivity index (χ1) is 5.22. The molecule has 0 aromatic heterocycles. The van der Waals surface area contributed by atoms with Gasteiger partial charge in [0, 0.05) is 12.0 Å². The van der Waals surface area contributed by atoms with E-state index in [0.717, 1.165) is 6.42 Å². The average molecular weight is 153 g/mol. The maximum Gasteiger partial charge on any atom is 0.0753 e. The van der Waals surface area contributed by atoms with Gasteiger partial charge in [0.15, 0.2) is 0 Å². The molecule has 0 saturated heterocycles. The van der Waals surface area contributed by atoms with Crippen LogP contribution < -0.4 is 5.73 Å². The molecule has 11 heavy (non-hydrogen) atoms. The predicted octanol–water partition coefficient (Wildman–Crippen LogP) is 0.827. The molecule has 0 aromatic carbocycles. The zero-order valence-electron chi connectivity index (χ0n) is 6.77. The average Bonchev–Trinajstić information content (AvgIpc) is 2.05. The monoisotopic (exact) mass is 153 g/mol. The summed E-state index contributed by atoms with van der Waals surface area (Å²) in [5.41, 5.74) is 5.56. The van der Waals surface area contributed by atoms with E-state index in [1.54, 1.807) is 0 Å². The molecule has 0 saturated carbocycles. The first-order valence-electron chi connectivity index (χ1n) is 3.99. The van der Waals surface area contributed by atoms with Crippen LogP contribution in [0.5, 0.6) is 0 Å². The minimum atomic E-state index is -0.406. The first kappa shape index (κ1) is 8.50. The van der Waals surface area contributed by atoms with Crippen molar-refractivity contribution in [1.29, 1.82) is 0 Å². The summed E-state index contributed by atoms with van der Waals surface area (Å²) in [5, 5.41) is 9.54. The minimum absolute atomic E-state index is 0.142. The van der Waals surface area contributed by atoms with Crippen LogP contribution in [-0.4, -0.2) is 17.3 Å². The van der Waals surface area contributed by atoms with Crippen molar-refractivity contribution < 1.29 is 5.11 Å². The van der Waals surface area contributed by atoms with Crippen LogP contribution in [0.3, 0.4) is 0 Å². The van der Waals surface area contributed by atoms with Crippen molar-refractivity contribution in [2.75, 3.05) is 0 Å². The third-order valence-corrected chi connectivity index (χ3v) is 1.99. The standard InChI is InChI=1S/C9H15NO/c1-7(10)9(11)8-5-3-2-4-6-8/h2-5,7-9,11H,6,10H2,1H3/t7-,8?,9-/m0/s1. The van der Waals surface area contributed by atoms with Crippen molar-refractivity contribution in [3.8, 4) is 0 Å². The van der Waals surface area contributed by atoms with Crippen LogP contribution in [0.25, 0.3) is 0 Å². The molecule has 2 heteroatoms. The zero-order valence-corrected chi connectivity index (χ0v) is 6.77. The Morgan fingerprint density at radius 2 is 2.27 bits per heavy atom. The van der Waals surface area contributed by atoms with E-state index in [-0.39, 0.29) is 12.0 Å². The molecular formula is C9H15NO. The fraction of sp³-hybridized carbons (Fsp3) is 0.556. The van der Waals surface area contributed by atoms with E-state index in [1.165, 1.54) is 0 Å². The number of hydrogen-bond acceptors (Lipinski definition) is 2.